The number of aliphatic hydroxyl groups excluding tert-OH is 2. The van der Waals surface area contributed by atoms with Gasteiger partial charge in [-0.25, -0.2) is 9.98 Å². The monoisotopic (exact) mass is 782 g/mol. The van der Waals surface area contributed by atoms with E-state index in [1.807, 2.05) is 0 Å². The largest absolute Gasteiger partial charge is 0.610 e. The summed E-state index contributed by atoms with van der Waals surface area (Å²) in [6.45, 7) is 2.30. The van der Waals surface area contributed by atoms with Crippen molar-refractivity contribution in [1.29, 1.82) is 0 Å². The molecular weight excluding hydrogens is 745 g/mol. The maximum Gasteiger partial charge on any atom is 0.279 e. The second kappa shape index (κ2) is 34.8. The number of thioether (sulfide) groups is 9. The minimum Gasteiger partial charge on any atom is -0.610 e. The number of hydrogen-bond donors (Lipinski definition) is 4. The number of nitrogens with one attached hydrogen (secondary N) is 2. The van der Waals surface area contributed by atoms with E-state index in [9.17, 15) is 18.7 Å². The van der Waals surface area contributed by atoms with Crippen LogP contribution in [0.2, 0.25) is 0 Å². The topological polar surface area (TPSA) is 169 Å². The number of carbonyl (C=O) groups excluding carboxylic acids is 2. The van der Waals surface area contributed by atoms with Gasteiger partial charge in [-0.15, -0.1) is 35.3 Å². The molecule has 2 unspecified atom stereocenters. The number of nitrogens with zero attached hydrogens (tertiary/aromatic N) is 2. The fourth-order valence-corrected chi connectivity index (χ4v) is 11.8. The maximum atomic E-state index is 12.0. The lowest BCUT2D eigenvalue weighted by Crippen LogP contribution is -2.21. The van der Waals surface area contributed by atoms with Gasteiger partial charge in [0.25, 0.3) is 10.5 Å². The van der Waals surface area contributed by atoms with Crippen molar-refractivity contribution >= 4 is 150 Å². The Morgan fingerprint density at radius 2 is 1.07 bits per heavy atom. The first kappa shape index (κ1) is 43.0. The van der Waals surface area contributed by atoms with Crippen LogP contribution in [0.5, 0.6) is 0 Å². The third-order valence-electron chi connectivity index (χ3n) is 3.61. The molecule has 0 radical (unpaired) electrons. The van der Waals surface area contributed by atoms with Gasteiger partial charge in [-0.3, -0.25) is 9.59 Å². The molecule has 0 saturated heterocycles. The van der Waals surface area contributed by atoms with E-state index in [2.05, 4.69) is 20.6 Å². The van der Waals surface area contributed by atoms with Crippen molar-refractivity contribution in [1.82, 2.24) is 10.6 Å². The van der Waals surface area contributed by atoms with E-state index in [1.54, 1.807) is 35.3 Å². The summed E-state index contributed by atoms with van der Waals surface area (Å²) in [6.07, 6.45) is 0. The molecule has 0 aliphatic rings. The van der Waals surface area contributed by atoms with Gasteiger partial charge in [0.15, 0.2) is 10.2 Å². The number of carbonyl (C=O) groups is 2. The lowest BCUT2D eigenvalue weighted by Gasteiger charge is -2.06. The van der Waals surface area contributed by atoms with Crippen LogP contribution in [0.4, 0.5) is 9.59 Å². The summed E-state index contributed by atoms with van der Waals surface area (Å²) in [4.78, 5) is 31.9. The van der Waals surface area contributed by atoms with Gasteiger partial charge in [0, 0.05) is 73.7 Å². The van der Waals surface area contributed by atoms with Gasteiger partial charge in [-0.1, -0.05) is 47.0 Å². The zero-order valence-corrected chi connectivity index (χ0v) is 31.4. The molecule has 4 N–H and O–H groups in total. The Hall–Kier alpha value is 1.97. The van der Waals surface area contributed by atoms with Crippen LogP contribution in [0.15, 0.2) is 9.98 Å². The maximum absolute atomic E-state index is 12.0. The van der Waals surface area contributed by atoms with E-state index in [4.69, 9.17) is 10.2 Å². The highest BCUT2D eigenvalue weighted by atomic mass is 32.3. The molecule has 0 aromatic heterocycles. The van der Waals surface area contributed by atoms with Crippen molar-refractivity contribution in [2.24, 2.45) is 9.98 Å². The average molecular weight is 783 g/mol. The Morgan fingerprint density at radius 1 is 0.634 bits per heavy atom. The van der Waals surface area contributed by atoms with Crippen LogP contribution in [0, 0.1) is 0 Å². The summed E-state index contributed by atoms with van der Waals surface area (Å²) in [5, 5.41) is 26.4. The van der Waals surface area contributed by atoms with E-state index < -0.39 is 22.4 Å². The van der Waals surface area contributed by atoms with Crippen LogP contribution in [-0.4, -0.2) is 132 Å². The van der Waals surface area contributed by atoms with Crippen molar-refractivity contribution in [2.75, 3.05) is 91.6 Å². The molecule has 2 amide bonds. The normalized spacial score (nSPS) is 13.2. The van der Waals surface area contributed by atoms with Gasteiger partial charge in [-0.05, 0) is 0 Å². The minimum absolute atomic E-state index is 0.0432. The van der Waals surface area contributed by atoms with Gasteiger partial charge in [-0.2, -0.15) is 23.5 Å². The molecule has 2 atom stereocenters. The molecule has 0 bridgehead atoms. The fraction of sp³-hybridized carbons (Fsp3) is 0.800. The highest BCUT2D eigenvalue weighted by molar-refractivity contribution is 8.28. The van der Waals surface area contributed by atoms with Crippen molar-refractivity contribution in [3.05, 3.63) is 0 Å². The molecular formula is C20H38N4O6S11. The van der Waals surface area contributed by atoms with Crippen LogP contribution >= 0.6 is 106 Å². The van der Waals surface area contributed by atoms with Crippen LogP contribution in [0.25, 0.3) is 0 Å². The Bertz CT molecular complexity index is 692. The van der Waals surface area contributed by atoms with Gasteiger partial charge in [0.1, 0.15) is 0 Å². The molecule has 10 nitrogen and oxygen atoms in total. The fourth-order valence-electron chi connectivity index (χ4n) is 1.97. The SMILES string of the molecule is O=C(NCCSCC/N=C/[S+]([O-])CSCSC(=O)NCCSCC/N=C\[S+]([O-])CSCSCO)SCSCSCO. The predicted octanol–water partition coefficient (Wildman–Crippen LogP) is 4.20. The van der Waals surface area contributed by atoms with Gasteiger partial charge >= 0.3 is 0 Å². The Balaban J connectivity index is 3.50. The second-order valence-electron chi connectivity index (χ2n) is 6.71. The highest BCUT2D eigenvalue weighted by Crippen LogP contribution is 2.17. The molecule has 0 fully saturated rings. The zero-order chi connectivity index (χ0) is 30.2. The summed E-state index contributed by atoms with van der Waals surface area (Å²) in [7, 11) is 0. The van der Waals surface area contributed by atoms with Gasteiger partial charge in [0.05, 0.1) is 30.1 Å². The molecule has 0 aromatic rings. The summed E-state index contributed by atoms with van der Waals surface area (Å²) < 4.78 is 23.7. The average Bonchev–Trinajstić information content (AvgIpc) is 2.96. The third-order valence-corrected chi connectivity index (χ3v) is 15.6. The lowest BCUT2D eigenvalue weighted by atomic mass is 10.8. The van der Waals surface area contributed by atoms with Crippen LogP contribution in [-0.2, 0) is 22.4 Å². The molecule has 0 heterocycles. The minimum atomic E-state index is -1.18. The molecule has 41 heavy (non-hydrogen) atoms. The second-order valence-corrected chi connectivity index (χ2v) is 20.6. The summed E-state index contributed by atoms with van der Waals surface area (Å²) >= 11 is 10.8. The molecule has 0 rings (SSSR count). The van der Waals surface area contributed by atoms with E-state index in [1.165, 1.54) is 69.9 Å². The van der Waals surface area contributed by atoms with Crippen molar-refractivity contribution in [2.45, 2.75) is 0 Å². The van der Waals surface area contributed by atoms with E-state index in [0.29, 0.717) is 51.6 Å². The van der Waals surface area contributed by atoms with Gasteiger partial charge < -0.3 is 30.0 Å². The zero-order valence-electron chi connectivity index (χ0n) is 22.4. The first-order valence-corrected chi connectivity index (χ1v) is 24.6. The number of aliphatic hydroxyl groups is 2. The van der Waals surface area contributed by atoms with Gasteiger partial charge in [0.2, 0.25) is 11.1 Å². The molecule has 0 aliphatic carbocycles. The summed E-state index contributed by atoms with van der Waals surface area (Å²) in [5.41, 5.74) is 2.93. The Morgan fingerprint density at radius 3 is 1.56 bits per heavy atom. The number of rotatable bonds is 28. The molecule has 0 aliphatic heterocycles. The van der Waals surface area contributed by atoms with Crippen molar-refractivity contribution < 1.29 is 28.9 Å². The van der Waals surface area contributed by atoms with Crippen molar-refractivity contribution in [3.63, 3.8) is 0 Å². The number of hydrogen-bond acceptors (Lipinski definition) is 17. The standard InChI is InChI=1S/C20H38N4O6S11/c25-11-33-13-35-15-38-19(27)23-3-7-31-6-2-22-10-41(30)18-37-16-39-20(28)24-4-8-32-5-1-21-9-40(29)17-36-14-34-12-26/h9-10,25-26H,1-8,11-18H2,(H,23,27)(H,24,28)/b21-9-,22-10+. The number of amides is 2. The van der Waals surface area contributed by atoms with Crippen LogP contribution < -0.4 is 10.6 Å². The molecule has 0 aromatic carbocycles. The quantitative estimate of drug-likeness (QED) is 0.0293. The predicted molar refractivity (Wildman–Crippen MR) is 201 cm³/mol. The molecule has 21 heteroatoms. The first-order chi connectivity index (χ1) is 20.0. The van der Waals surface area contributed by atoms with E-state index in [-0.39, 0.29) is 22.4 Å². The van der Waals surface area contributed by atoms with E-state index >= 15 is 0 Å². The summed E-state index contributed by atoms with van der Waals surface area (Å²) in [5.74, 6) is 3.30. The molecule has 240 valence electrons. The Kier molecular flexibility index (Phi) is 36.5. The van der Waals surface area contributed by atoms with Crippen LogP contribution in [0.3, 0.4) is 0 Å². The molecule has 0 spiro atoms. The van der Waals surface area contributed by atoms with Crippen LogP contribution in [0.1, 0.15) is 0 Å². The Labute approximate surface area is 288 Å². The lowest BCUT2D eigenvalue weighted by molar-refractivity contribution is 0.260. The smallest absolute Gasteiger partial charge is 0.279 e. The third kappa shape index (κ3) is 34.7. The molecule has 0 saturated carbocycles. The van der Waals surface area contributed by atoms with E-state index in [0.717, 1.165) is 39.9 Å². The first-order valence-electron chi connectivity index (χ1n) is 11.8. The summed E-state index contributed by atoms with van der Waals surface area (Å²) in [6, 6.07) is 0. The highest BCUT2D eigenvalue weighted by Gasteiger charge is 2.06. The number of aliphatic imine (C=N–C) groups is 2. The van der Waals surface area contributed by atoms with Crippen molar-refractivity contribution in [3.8, 4) is 0 Å².